The highest BCUT2D eigenvalue weighted by molar-refractivity contribution is 7.13. The van der Waals surface area contributed by atoms with Gasteiger partial charge in [-0.25, -0.2) is 4.98 Å². The average Bonchev–Trinajstić information content (AvgIpc) is 3.09. The third kappa shape index (κ3) is 4.27. The van der Waals surface area contributed by atoms with Crippen LogP contribution in [0.5, 0.6) is 0 Å². The summed E-state index contributed by atoms with van der Waals surface area (Å²) >= 11 is 1.47. The van der Waals surface area contributed by atoms with Gasteiger partial charge in [0.05, 0.1) is 17.7 Å². The Morgan fingerprint density at radius 1 is 1.27 bits per heavy atom. The zero-order valence-electron chi connectivity index (χ0n) is 13.0. The van der Waals surface area contributed by atoms with Crippen LogP contribution in [0.1, 0.15) is 57.1 Å². The van der Waals surface area contributed by atoms with E-state index in [2.05, 4.69) is 15.2 Å². The normalized spacial score (nSPS) is 21.9. The van der Waals surface area contributed by atoms with Gasteiger partial charge in [0.25, 0.3) is 0 Å². The van der Waals surface area contributed by atoms with Gasteiger partial charge in [0.15, 0.2) is 5.13 Å². The molecule has 0 spiro atoms. The fourth-order valence-electron chi connectivity index (χ4n) is 3.46. The fourth-order valence-corrected chi connectivity index (χ4v) is 4.17. The van der Waals surface area contributed by atoms with Crippen molar-refractivity contribution in [1.82, 2.24) is 9.88 Å². The van der Waals surface area contributed by atoms with Crippen molar-refractivity contribution in [3.63, 3.8) is 0 Å². The first-order valence-corrected chi connectivity index (χ1v) is 9.20. The molecule has 122 valence electrons. The molecule has 1 aliphatic carbocycles. The molecule has 0 atom stereocenters. The number of aromatic nitrogens is 1. The van der Waals surface area contributed by atoms with Crippen molar-refractivity contribution < 1.29 is 9.90 Å². The number of hydrogen-bond donors (Lipinski definition) is 2. The molecule has 6 heteroatoms. The molecule has 2 fully saturated rings. The Morgan fingerprint density at radius 2 is 2.00 bits per heavy atom. The highest BCUT2D eigenvalue weighted by Gasteiger charge is 2.33. The van der Waals surface area contributed by atoms with Gasteiger partial charge in [-0.15, -0.1) is 11.3 Å². The Balaban J connectivity index is 1.49. The molecule has 1 saturated heterocycles. The van der Waals surface area contributed by atoms with Crippen LogP contribution in [0.2, 0.25) is 0 Å². The predicted molar refractivity (Wildman–Crippen MR) is 87.9 cm³/mol. The lowest BCUT2D eigenvalue weighted by molar-refractivity contribution is -0.120. The van der Waals surface area contributed by atoms with E-state index in [1.165, 1.54) is 30.6 Å². The first-order chi connectivity index (χ1) is 10.6. The molecule has 1 aromatic rings. The molecule has 1 aromatic heterocycles. The van der Waals surface area contributed by atoms with Crippen LogP contribution in [-0.4, -0.2) is 39.6 Å². The second-order valence-corrected chi connectivity index (χ2v) is 7.50. The van der Waals surface area contributed by atoms with E-state index in [1.54, 1.807) is 0 Å². The molecule has 3 rings (SSSR count). The van der Waals surface area contributed by atoms with Gasteiger partial charge in [-0.05, 0) is 38.8 Å². The molecule has 1 aliphatic heterocycles. The van der Waals surface area contributed by atoms with Gasteiger partial charge in [0.1, 0.15) is 0 Å². The number of carbonyl (C=O) groups excluding carboxylic acids is 1. The van der Waals surface area contributed by atoms with Gasteiger partial charge in [-0.2, -0.15) is 0 Å². The smallest absolute Gasteiger partial charge is 0.229 e. The fraction of sp³-hybridized carbons (Fsp3) is 0.750. The Labute approximate surface area is 135 Å². The summed E-state index contributed by atoms with van der Waals surface area (Å²) < 4.78 is 0. The molecule has 1 saturated carbocycles. The molecule has 2 heterocycles. The van der Waals surface area contributed by atoms with E-state index in [0.29, 0.717) is 5.13 Å². The first-order valence-electron chi connectivity index (χ1n) is 8.32. The van der Waals surface area contributed by atoms with Gasteiger partial charge in [-0.3, -0.25) is 9.69 Å². The first kappa shape index (κ1) is 15.9. The molecular formula is C16H25N3O2S. The summed E-state index contributed by atoms with van der Waals surface area (Å²) in [5, 5.41) is 15.8. The third-order valence-electron chi connectivity index (χ3n) is 4.66. The van der Waals surface area contributed by atoms with E-state index in [4.69, 9.17) is 0 Å². The Morgan fingerprint density at radius 3 is 2.73 bits per heavy atom. The minimum absolute atomic E-state index is 0.122. The molecule has 1 amide bonds. The predicted octanol–water partition coefficient (Wildman–Crippen LogP) is 2.76. The summed E-state index contributed by atoms with van der Waals surface area (Å²) in [4.78, 5) is 19.0. The number of carbonyl (C=O) groups is 1. The highest BCUT2D eigenvalue weighted by atomic mass is 32.1. The molecular weight excluding hydrogens is 298 g/mol. The molecule has 22 heavy (non-hydrogen) atoms. The van der Waals surface area contributed by atoms with Crippen molar-refractivity contribution >= 4 is 22.4 Å². The molecule has 2 aliphatic rings. The Kier molecular flexibility index (Phi) is 5.10. The number of amides is 1. The van der Waals surface area contributed by atoms with E-state index in [1.807, 2.05) is 5.38 Å². The zero-order valence-corrected chi connectivity index (χ0v) is 13.8. The van der Waals surface area contributed by atoms with Crippen molar-refractivity contribution in [1.29, 1.82) is 0 Å². The van der Waals surface area contributed by atoms with Crippen LogP contribution in [0, 0.1) is 0 Å². The van der Waals surface area contributed by atoms with Crippen molar-refractivity contribution in [2.75, 3.05) is 18.4 Å². The molecule has 0 aromatic carbocycles. The number of nitrogens with zero attached hydrogens (tertiary/aromatic N) is 2. The van der Waals surface area contributed by atoms with Crippen LogP contribution in [0.15, 0.2) is 5.38 Å². The number of anilines is 1. The van der Waals surface area contributed by atoms with Crippen LogP contribution in [0.4, 0.5) is 5.13 Å². The van der Waals surface area contributed by atoms with Gasteiger partial charge in [0.2, 0.25) is 5.91 Å². The monoisotopic (exact) mass is 323 g/mol. The summed E-state index contributed by atoms with van der Waals surface area (Å²) in [6.45, 7) is 3.16. The molecule has 0 bridgehead atoms. The summed E-state index contributed by atoms with van der Waals surface area (Å²) in [6.07, 6.45) is 7.56. The molecule has 0 radical (unpaired) electrons. The Hall–Kier alpha value is -0.980. The van der Waals surface area contributed by atoms with Crippen molar-refractivity contribution in [3.8, 4) is 0 Å². The zero-order chi connectivity index (χ0) is 15.4. The highest BCUT2D eigenvalue weighted by Crippen LogP contribution is 2.32. The number of likely N-dealkylation sites (tertiary alicyclic amines) is 1. The van der Waals surface area contributed by atoms with Crippen LogP contribution in [-0.2, 0) is 11.3 Å². The third-order valence-corrected chi connectivity index (χ3v) is 5.46. The van der Waals surface area contributed by atoms with Gasteiger partial charge < -0.3 is 10.4 Å². The summed E-state index contributed by atoms with van der Waals surface area (Å²) in [7, 11) is 0. The van der Waals surface area contributed by atoms with Crippen molar-refractivity contribution in [2.45, 2.75) is 63.5 Å². The number of hydrogen-bond acceptors (Lipinski definition) is 5. The Bertz CT molecular complexity index is 505. The van der Waals surface area contributed by atoms with Gasteiger partial charge in [0, 0.05) is 11.9 Å². The second-order valence-electron chi connectivity index (χ2n) is 6.64. The largest absolute Gasteiger partial charge is 0.389 e. The topological polar surface area (TPSA) is 65.5 Å². The van der Waals surface area contributed by atoms with E-state index in [0.717, 1.165) is 51.0 Å². The maximum Gasteiger partial charge on any atom is 0.229 e. The van der Waals surface area contributed by atoms with Crippen LogP contribution in [0.25, 0.3) is 0 Å². The number of thiazole rings is 1. The number of nitrogens with one attached hydrogen (secondary N) is 1. The van der Waals surface area contributed by atoms with Crippen LogP contribution >= 0.6 is 11.3 Å². The van der Waals surface area contributed by atoms with E-state index in [9.17, 15) is 9.90 Å². The van der Waals surface area contributed by atoms with Crippen LogP contribution < -0.4 is 5.32 Å². The summed E-state index contributed by atoms with van der Waals surface area (Å²) in [5.74, 6) is -0.122. The number of piperidine rings is 1. The van der Waals surface area contributed by atoms with E-state index >= 15 is 0 Å². The standard InChI is InChI=1S/C16H25N3O2S/c20-14(10-16(21)6-2-3-7-16)18-15-17-13(12-22-15)11-19-8-4-1-5-9-19/h12,21H,1-11H2,(H,17,18,20). The summed E-state index contributed by atoms with van der Waals surface area (Å²) in [6, 6.07) is 0. The van der Waals surface area contributed by atoms with E-state index < -0.39 is 5.60 Å². The average molecular weight is 323 g/mol. The molecule has 0 unspecified atom stereocenters. The maximum atomic E-state index is 12.1. The molecule has 5 nitrogen and oxygen atoms in total. The minimum Gasteiger partial charge on any atom is -0.389 e. The van der Waals surface area contributed by atoms with Crippen molar-refractivity contribution in [2.24, 2.45) is 0 Å². The lowest BCUT2D eigenvalue weighted by atomic mass is 9.98. The second kappa shape index (κ2) is 7.06. The van der Waals surface area contributed by atoms with Gasteiger partial charge in [-0.1, -0.05) is 19.3 Å². The van der Waals surface area contributed by atoms with Crippen LogP contribution in [0.3, 0.4) is 0 Å². The number of rotatable bonds is 5. The summed E-state index contributed by atoms with van der Waals surface area (Å²) in [5.41, 5.74) is 0.236. The maximum absolute atomic E-state index is 12.1. The lowest BCUT2D eigenvalue weighted by Gasteiger charge is -2.25. The minimum atomic E-state index is -0.794. The van der Waals surface area contributed by atoms with Gasteiger partial charge >= 0.3 is 0 Å². The SMILES string of the molecule is O=C(CC1(O)CCCC1)Nc1nc(CN2CCCCC2)cs1. The number of aliphatic hydroxyl groups is 1. The van der Waals surface area contributed by atoms with Crippen molar-refractivity contribution in [3.05, 3.63) is 11.1 Å². The van der Waals surface area contributed by atoms with E-state index in [-0.39, 0.29) is 12.3 Å². The quantitative estimate of drug-likeness (QED) is 0.874. The molecule has 2 N–H and O–H groups in total. The lowest BCUT2D eigenvalue weighted by Crippen LogP contribution is -2.30.